The normalized spacial score (nSPS) is 17.5. The average Bonchev–Trinajstić information content (AvgIpc) is 3.14. The molecule has 24 heavy (non-hydrogen) atoms. The fourth-order valence-corrected chi connectivity index (χ4v) is 3.79. The number of hydrogen-bond acceptors (Lipinski definition) is 5. The largest absolute Gasteiger partial charge is 0.354 e. The zero-order valence-corrected chi connectivity index (χ0v) is 14.7. The van der Waals surface area contributed by atoms with Crippen molar-refractivity contribution in [2.45, 2.75) is 23.4 Å². The molecular weight excluding hydrogens is 322 g/mol. The Labute approximate surface area is 146 Å². The van der Waals surface area contributed by atoms with Crippen molar-refractivity contribution in [1.82, 2.24) is 25.4 Å². The molecule has 0 aliphatic carbocycles. The molecule has 1 aromatic heterocycles. The maximum atomic E-state index is 13.0. The van der Waals surface area contributed by atoms with Crippen molar-refractivity contribution >= 4 is 17.7 Å². The van der Waals surface area contributed by atoms with Crippen LogP contribution in [0.15, 0.2) is 41.8 Å². The number of H-pyrrole nitrogens is 1. The number of nitrogens with zero attached hydrogens (tertiary/aromatic N) is 3. The Bertz CT molecular complexity index is 638. The van der Waals surface area contributed by atoms with Gasteiger partial charge < -0.3 is 10.2 Å². The molecule has 2 aromatic rings. The van der Waals surface area contributed by atoms with Crippen LogP contribution in [0.1, 0.15) is 18.4 Å². The van der Waals surface area contributed by atoms with Crippen molar-refractivity contribution in [2.75, 3.05) is 32.4 Å². The van der Waals surface area contributed by atoms with E-state index in [9.17, 15) is 4.79 Å². The Morgan fingerprint density at radius 2 is 2.08 bits per heavy atom. The molecule has 1 aliphatic heterocycles. The van der Waals surface area contributed by atoms with E-state index in [-0.39, 0.29) is 5.91 Å². The lowest BCUT2D eigenvalue weighted by Gasteiger charge is -2.39. The van der Waals surface area contributed by atoms with Gasteiger partial charge in [-0.05, 0) is 38.5 Å². The standard InChI is InChI=1S/C17H23N5OS/c1-22-10-7-17(8-11-22,14-5-3-2-4-6-14)15(23)18-9-12-24-16-19-13-20-21-16/h2-6,13H,7-12H2,1H3,(H,18,23)(H,19,20,21). The maximum Gasteiger partial charge on any atom is 0.230 e. The summed E-state index contributed by atoms with van der Waals surface area (Å²) in [5.74, 6) is 0.908. The monoisotopic (exact) mass is 345 g/mol. The molecule has 0 saturated carbocycles. The van der Waals surface area contributed by atoms with Crippen LogP contribution in [0.5, 0.6) is 0 Å². The van der Waals surface area contributed by atoms with Gasteiger partial charge in [-0.1, -0.05) is 42.1 Å². The summed E-state index contributed by atoms with van der Waals surface area (Å²) in [6.45, 7) is 2.50. The summed E-state index contributed by atoms with van der Waals surface area (Å²) in [7, 11) is 2.11. The third-order valence-corrected chi connectivity index (χ3v) is 5.50. The van der Waals surface area contributed by atoms with E-state index in [2.05, 4.69) is 44.6 Å². The van der Waals surface area contributed by atoms with Crippen LogP contribution in [0, 0.1) is 0 Å². The molecule has 0 spiro atoms. The minimum atomic E-state index is -0.412. The molecule has 3 rings (SSSR count). The molecule has 0 atom stereocenters. The number of hydrogen-bond donors (Lipinski definition) is 2. The summed E-state index contributed by atoms with van der Waals surface area (Å²) in [4.78, 5) is 19.4. The first kappa shape index (κ1) is 17.0. The number of amides is 1. The molecule has 7 heteroatoms. The van der Waals surface area contributed by atoms with Gasteiger partial charge >= 0.3 is 0 Å². The molecule has 128 valence electrons. The van der Waals surface area contributed by atoms with Crippen molar-refractivity contribution < 1.29 is 4.79 Å². The number of carbonyl (C=O) groups is 1. The van der Waals surface area contributed by atoms with E-state index in [1.807, 2.05) is 18.2 Å². The second-order valence-electron chi connectivity index (χ2n) is 6.15. The Balaban J connectivity index is 1.63. The maximum absolute atomic E-state index is 13.0. The number of aromatic amines is 1. The third-order valence-electron chi connectivity index (χ3n) is 4.62. The smallest absolute Gasteiger partial charge is 0.230 e. The molecule has 1 aromatic carbocycles. The average molecular weight is 345 g/mol. The van der Waals surface area contributed by atoms with E-state index in [0.29, 0.717) is 6.54 Å². The molecule has 0 radical (unpaired) electrons. The summed E-state index contributed by atoms with van der Waals surface area (Å²) in [5, 5.41) is 10.5. The highest BCUT2D eigenvalue weighted by atomic mass is 32.2. The predicted molar refractivity (Wildman–Crippen MR) is 95.0 cm³/mol. The second kappa shape index (κ2) is 7.81. The van der Waals surface area contributed by atoms with Crippen LogP contribution in [-0.4, -0.2) is 58.4 Å². The molecule has 0 unspecified atom stereocenters. The van der Waals surface area contributed by atoms with Crippen LogP contribution >= 0.6 is 11.8 Å². The number of piperidine rings is 1. The third kappa shape index (κ3) is 3.79. The quantitative estimate of drug-likeness (QED) is 0.615. The van der Waals surface area contributed by atoms with Crippen molar-refractivity contribution in [1.29, 1.82) is 0 Å². The Morgan fingerprint density at radius 1 is 1.33 bits per heavy atom. The molecule has 1 fully saturated rings. The van der Waals surface area contributed by atoms with Crippen molar-refractivity contribution in [3.8, 4) is 0 Å². The van der Waals surface area contributed by atoms with Gasteiger partial charge in [0.25, 0.3) is 0 Å². The zero-order chi connectivity index (χ0) is 16.8. The molecule has 2 heterocycles. The van der Waals surface area contributed by atoms with E-state index in [1.54, 1.807) is 11.8 Å². The van der Waals surface area contributed by atoms with Gasteiger partial charge in [-0.2, -0.15) is 5.10 Å². The fraction of sp³-hybridized carbons (Fsp3) is 0.471. The van der Waals surface area contributed by atoms with Crippen molar-refractivity contribution in [3.63, 3.8) is 0 Å². The Morgan fingerprint density at radius 3 is 2.75 bits per heavy atom. The van der Waals surface area contributed by atoms with Crippen molar-refractivity contribution in [2.24, 2.45) is 0 Å². The number of rotatable bonds is 6. The predicted octanol–water partition coefficient (Wildman–Crippen LogP) is 1.68. The van der Waals surface area contributed by atoms with Gasteiger partial charge in [0.15, 0.2) is 5.16 Å². The lowest BCUT2D eigenvalue weighted by Crippen LogP contribution is -2.51. The second-order valence-corrected chi connectivity index (χ2v) is 7.23. The Kier molecular flexibility index (Phi) is 5.52. The molecule has 1 aliphatic rings. The fourth-order valence-electron chi connectivity index (χ4n) is 3.15. The first-order chi connectivity index (χ1) is 11.7. The van der Waals surface area contributed by atoms with Gasteiger partial charge in [-0.3, -0.25) is 9.89 Å². The summed E-state index contributed by atoms with van der Waals surface area (Å²) in [6, 6.07) is 10.2. The van der Waals surface area contributed by atoms with E-state index < -0.39 is 5.41 Å². The van der Waals surface area contributed by atoms with Crippen LogP contribution < -0.4 is 5.32 Å². The summed E-state index contributed by atoms with van der Waals surface area (Å²) < 4.78 is 0. The number of thioether (sulfide) groups is 1. The molecule has 0 bridgehead atoms. The number of carbonyl (C=O) groups excluding carboxylic acids is 1. The summed E-state index contributed by atoms with van der Waals surface area (Å²) in [6.07, 6.45) is 3.20. The molecule has 2 N–H and O–H groups in total. The van der Waals surface area contributed by atoms with Crippen LogP contribution in [-0.2, 0) is 10.2 Å². The van der Waals surface area contributed by atoms with Gasteiger partial charge in [0.1, 0.15) is 6.33 Å². The van der Waals surface area contributed by atoms with Gasteiger partial charge in [-0.25, -0.2) is 4.98 Å². The van der Waals surface area contributed by atoms with E-state index in [4.69, 9.17) is 0 Å². The number of likely N-dealkylation sites (tertiary alicyclic amines) is 1. The lowest BCUT2D eigenvalue weighted by atomic mass is 9.72. The zero-order valence-electron chi connectivity index (χ0n) is 13.9. The summed E-state index contributed by atoms with van der Waals surface area (Å²) >= 11 is 1.56. The number of nitrogens with one attached hydrogen (secondary N) is 2. The van der Waals surface area contributed by atoms with E-state index in [0.717, 1.165) is 42.4 Å². The highest BCUT2D eigenvalue weighted by Crippen LogP contribution is 2.35. The molecule has 1 saturated heterocycles. The van der Waals surface area contributed by atoms with Gasteiger partial charge in [-0.15, -0.1) is 0 Å². The van der Waals surface area contributed by atoms with Gasteiger partial charge in [0, 0.05) is 12.3 Å². The van der Waals surface area contributed by atoms with Gasteiger partial charge in [0.2, 0.25) is 5.91 Å². The first-order valence-electron chi connectivity index (χ1n) is 8.21. The topological polar surface area (TPSA) is 73.9 Å². The van der Waals surface area contributed by atoms with Crippen LogP contribution in [0.3, 0.4) is 0 Å². The highest BCUT2D eigenvalue weighted by molar-refractivity contribution is 7.99. The van der Waals surface area contributed by atoms with Crippen LogP contribution in [0.2, 0.25) is 0 Å². The van der Waals surface area contributed by atoms with Crippen molar-refractivity contribution in [3.05, 3.63) is 42.2 Å². The van der Waals surface area contributed by atoms with E-state index in [1.165, 1.54) is 6.33 Å². The molecule has 6 nitrogen and oxygen atoms in total. The molecule has 1 amide bonds. The lowest BCUT2D eigenvalue weighted by molar-refractivity contribution is -0.128. The highest BCUT2D eigenvalue weighted by Gasteiger charge is 2.41. The molecular formula is C17H23N5OS. The first-order valence-corrected chi connectivity index (χ1v) is 9.20. The minimum Gasteiger partial charge on any atom is -0.354 e. The summed E-state index contributed by atoms with van der Waals surface area (Å²) in [5.41, 5.74) is 0.712. The van der Waals surface area contributed by atoms with E-state index >= 15 is 0 Å². The Hall–Kier alpha value is -1.86. The van der Waals surface area contributed by atoms with Crippen LogP contribution in [0.25, 0.3) is 0 Å². The van der Waals surface area contributed by atoms with Crippen LogP contribution in [0.4, 0.5) is 0 Å². The number of aromatic nitrogens is 3. The SMILES string of the molecule is CN1CCC(C(=O)NCCSc2ncn[nH]2)(c2ccccc2)CC1. The minimum absolute atomic E-state index is 0.139. The van der Waals surface area contributed by atoms with Gasteiger partial charge in [0.05, 0.1) is 5.41 Å². The number of benzene rings is 1.